The molecular formula is C14H26N4O2S. The summed E-state index contributed by atoms with van der Waals surface area (Å²) in [5.74, 6) is 0. The molecule has 0 radical (unpaired) electrons. The Hall–Kier alpha value is -0.920. The highest BCUT2D eigenvalue weighted by molar-refractivity contribution is 7.89. The number of likely N-dealkylation sites (N-methyl/N-ethyl adjacent to an activating group) is 1. The quantitative estimate of drug-likeness (QED) is 0.859. The van der Waals surface area contributed by atoms with Crippen LogP contribution in [0.25, 0.3) is 0 Å². The number of aryl methyl sites for hydroxylation is 1. The average molecular weight is 314 g/mol. The van der Waals surface area contributed by atoms with Gasteiger partial charge >= 0.3 is 0 Å². The van der Waals surface area contributed by atoms with Crippen LogP contribution in [0.15, 0.2) is 4.90 Å². The Morgan fingerprint density at radius 1 is 1.38 bits per heavy atom. The van der Waals surface area contributed by atoms with E-state index in [9.17, 15) is 8.42 Å². The summed E-state index contributed by atoms with van der Waals surface area (Å²) >= 11 is 0. The maximum Gasteiger partial charge on any atom is 0.246 e. The van der Waals surface area contributed by atoms with E-state index in [0.29, 0.717) is 23.7 Å². The summed E-state index contributed by atoms with van der Waals surface area (Å²) in [4.78, 5) is 0.402. The van der Waals surface area contributed by atoms with E-state index >= 15 is 0 Å². The molecule has 0 bridgehead atoms. The van der Waals surface area contributed by atoms with Gasteiger partial charge in [-0.25, -0.2) is 8.42 Å². The Morgan fingerprint density at radius 3 is 2.71 bits per heavy atom. The monoisotopic (exact) mass is 314 g/mol. The predicted octanol–water partition coefficient (Wildman–Crippen LogP) is 1.28. The van der Waals surface area contributed by atoms with Gasteiger partial charge in [0.05, 0.1) is 17.9 Å². The van der Waals surface area contributed by atoms with Gasteiger partial charge in [0, 0.05) is 19.1 Å². The van der Waals surface area contributed by atoms with Gasteiger partial charge in [-0.1, -0.05) is 6.92 Å². The van der Waals surface area contributed by atoms with Gasteiger partial charge in [0.2, 0.25) is 10.0 Å². The first-order chi connectivity index (χ1) is 9.93. The molecule has 1 aliphatic heterocycles. The molecule has 1 aliphatic rings. The van der Waals surface area contributed by atoms with Gasteiger partial charge in [-0.3, -0.25) is 4.68 Å². The normalized spacial score (nSPS) is 20.3. The second kappa shape index (κ2) is 6.46. The molecule has 1 atom stereocenters. The second-order valence-electron chi connectivity index (χ2n) is 5.65. The minimum absolute atomic E-state index is 0.134. The molecule has 1 fully saturated rings. The maximum atomic E-state index is 13.0. The van der Waals surface area contributed by atoms with Crippen LogP contribution in [0.5, 0.6) is 0 Å². The van der Waals surface area contributed by atoms with Crippen molar-refractivity contribution >= 4 is 10.0 Å². The molecule has 6 nitrogen and oxygen atoms in total. The van der Waals surface area contributed by atoms with E-state index in [1.807, 2.05) is 14.0 Å². The summed E-state index contributed by atoms with van der Waals surface area (Å²) in [5, 5.41) is 7.47. The van der Waals surface area contributed by atoms with Gasteiger partial charge in [-0.15, -0.1) is 0 Å². The number of hydrogen-bond acceptors (Lipinski definition) is 4. The van der Waals surface area contributed by atoms with Crippen LogP contribution < -0.4 is 5.32 Å². The average Bonchev–Trinajstić information content (AvgIpc) is 3.01. The molecule has 21 heavy (non-hydrogen) atoms. The summed E-state index contributed by atoms with van der Waals surface area (Å²) in [6.45, 7) is 7.75. The van der Waals surface area contributed by atoms with Crippen molar-refractivity contribution in [3.05, 3.63) is 11.4 Å². The molecule has 0 aromatic carbocycles. The number of nitrogens with zero attached hydrogens (tertiary/aromatic N) is 3. The number of rotatable bonds is 6. The van der Waals surface area contributed by atoms with Crippen molar-refractivity contribution in [1.82, 2.24) is 19.4 Å². The summed E-state index contributed by atoms with van der Waals surface area (Å²) in [6, 6.07) is 0.134. The summed E-state index contributed by atoms with van der Waals surface area (Å²) in [5.41, 5.74) is 1.34. The third kappa shape index (κ3) is 3.00. The Balaban J connectivity index is 2.38. The molecular weight excluding hydrogens is 288 g/mol. The van der Waals surface area contributed by atoms with Gasteiger partial charge in [0.1, 0.15) is 4.90 Å². The fourth-order valence-corrected chi connectivity index (χ4v) is 5.28. The Bertz CT molecular complexity index is 594. The van der Waals surface area contributed by atoms with Crippen molar-refractivity contribution in [3.63, 3.8) is 0 Å². The summed E-state index contributed by atoms with van der Waals surface area (Å²) < 4.78 is 29.4. The molecule has 7 heteroatoms. The van der Waals surface area contributed by atoms with Crippen LogP contribution in [-0.2, 0) is 16.6 Å². The largest absolute Gasteiger partial charge is 0.318 e. The van der Waals surface area contributed by atoms with E-state index in [1.165, 1.54) is 0 Å². The van der Waals surface area contributed by atoms with E-state index in [0.717, 1.165) is 31.5 Å². The fourth-order valence-electron chi connectivity index (χ4n) is 3.14. The third-order valence-electron chi connectivity index (χ3n) is 4.25. The molecule has 1 N–H and O–H groups in total. The predicted molar refractivity (Wildman–Crippen MR) is 82.8 cm³/mol. The van der Waals surface area contributed by atoms with Crippen LogP contribution in [0.2, 0.25) is 0 Å². The minimum atomic E-state index is -3.44. The van der Waals surface area contributed by atoms with E-state index in [-0.39, 0.29) is 6.04 Å². The Kier molecular flexibility index (Phi) is 5.06. The number of sulfonamides is 1. The molecule has 1 unspecified atom stereocenters. The van der Waals surface area contributed by atoms with Gasteiger partial charge in [0.15, 0.2) is 0 Å². The lowest BCUT2D eigenvalue weighted by Crippen LogP contribution is -2.35. The molecule has 2 rings (SSSR count). The zero-order valence-corrected chi connectivity index (χ0v) is 14.2. The highest BCUT2D eigenvalue weighted by atomic mass is 32.2. The molecule has 1 aromatic rings. The van der Waals surface area contributed by atoms with Crippen molar-refractivity contribution in [2.45, 2.75) is 57.5 Å². The van der Waals surface area contributed by atoms with Gasteiger partial charge in [-0.2, -0.15) is 9.40 Å². The van der Waals surface area contributed by atoms with Crippen LogP contribution >= 0.6 is 0 Å². The highest BCUT2D eigenvalue weighted by Crippen LogP contribution is 2.30. The van der Waals surface area contributed by atoms with E-state index in [4.69, 9.17) is 0 Å². The zero-order chi connectivity index (χ0) is 15.6. The smallest absolute Gasteiger partial charge is 0.246 e. The van der Waals surface area contributed by atoms with Crippen molar-refractivity contribution in [1.29, 1.82) is 0 Å². The molecule has 1 saturated heterocycles. The first kappa shape index (κ1) is 16.5. The van der Waals surface area contributed by atoms with Crippen molar-refractivity contribution < 1.29 is 8.42 Å². The topological polar surface area (TPSA) is 67.2 Å². The van der Waals surface area contributed by atoms with Crippen LogP contribution in [0.1, 0.15) is 37.6 Å². The SMILES string of the molecule is CCC1CCCN1S(=O)(=O)c1c(C)nn(CCNC)c1C. The highest BCUT2D eigenvalue weighted by Gasteiger charge is 2.37. The fraction of sp³-hybridized carbons (Fsp3) is 0.786. The van der Waals surface area contributed by atoms with Crippen LogP contribution in [0.4, 0.5) is 0 Å². The maximum absolute atomic E-state index is 13.0. The molecule has 2 heterocycles. The molecule has 0 saturated carbocycles. The summed E-state index contributed by atoms with van der Waals surface area (Å²) in [7, 11) is -1.56. The van der Waals surface area contributed by atoms with Crippen LogP contribution in [-0.4, -0.2) is 48.7 Å². The lowest BCUT2D eigenvalue weighted by molar-refractivity contribution is 0.379. The first-order valence-electron chi connectivity index (χ1n) is 7.64. The number of nitrogens with one attached hydrogen (secondary N) is 1. The molecule has 120 valence electrons. The third-order valence-corrected chi connectivity index (χ3v) is 6.45. The van der Waals surface area contributed by atoms with E-state index < -0.39 is 10.0 Å². The number of aromatic nitrogens is 2. The van der Waals surface area contributed by atoms with Gasteiger partial charge in [0.25, 0.3) is 0 Å². The van der Waals surface area contributed by atoms with Gasteiger partial charge in [-0.05, 0) is 40.2 Å². The van der Waals surface area contributed by atoms with E-state index in [1.54, 1.807) is 15.9 Å². The van der Waals surface area contributed by atoms with Crippen molar-refractivity contribution in [2.24, 2.45) is 0 Å². The van der Waals surface area contributed by atoms with E-state index in [2.05, 4.69) is 17.3 Å². The minimum Gasteiger partial charge on any atom is -0.318 e. The molecule has 0 aliphatic carbocycles. The second-order valence-corrected chi connectivity index (χ2v) is 7.47. The van der Waals surface area contributed by atoms with Crippen molar-refractivity contribution in [3.8, 4) is 0 Å². The molecule has 0 spiro atoms. The first-order valence-corrected chi connectivity index (χ1v) is 9.08. The lowest BCUT2D eigenvalue weighted by Gasteiger charge is -2.23. The zero-order valence-electron chi connectivity index (χ0n) is 13.4. The van der Waals surface area contributed by atoms with Crippen LogP contribution in [0.3, 0.4) is 0 Å². The molecule has 0 amide bonds. The molecule has 1 aromatic heterocycles. The van der Waals surface area contributed by atoms with Crippen molar-refractivity contribution in [2.75, 3.05) is 20.1 Å². The van der Waals surface area contributed by atoms with Crippen LogP contribution in [0, 0.1) is 13.8 Å². The Morgan fingerprint density at radius 2 is 2.10 bits per heavy atom. The standard InChI is InChI=1S/C14H26N4O2S/c1-5-13-7-6-9-18(13)21(19,20)14-11(2)16-17(12(14)3)10-8-15-4/h13,15H,5-10H2,1-4H3. The Labute approximate surface area is 127 Å². The summed E-state index contributed by atoms with van der Waals surface area (Å²) in [6.07, 6.45) is 2.77. The lowest BCUT2D eigenvalue weighted by atomic mass is 10.2. The number of hydrogen-bond donors (Lipinski definition) is 1. The van der Waals surface area contributed by atoms with Gasteiger partial charge < -0.3 is 5.32 Å².